The molecule has 0 aromatic heterocycles. The van der Waals surface area contributed by atoms with E-state index in [-0.39, 0.29) is 52.4 Å². The van der Waals surface area contributed by atoms with Gasteiger partial charge in [-0.25, -0.2) is 0 Å². The Balaban J connectivity index is 2.08. The maximum atomic E-state index is 11.4. The standard InChI is InChI=1S/C45H86O9/c1-43(2,35(14-13-15-49-7)16-30(24-46)25-50-8)38-21-39(44(3,4)36-17-31(26-51-9)41(47)32(18-36)27-52-10)23-40(22-38)45(5,6)37-19-33(28-53-11)42(48)34(20-37)29-54-12/h30-42,46-48H,13-29H2,1-12H3. The SMILES string of the molecule is COCCCC(CC(CO)COC)C(C)(C)C1CC(C(C)(C)C2CC(COC)C(O)C(COC)C2)CC(C(C)(C)C2CC(COC)C(O)C(COC)C2)C1. The zero-order valence-corrected chi connectivity index (χ0v) is 36.8. The minimum Gasteiger partial charge on any atom is -0.396 e. The van der Waals surface area contributed by atoms with Crippen LogP contribution >= 0.6 is 0 Å². The summed E-state index contributed by atoms with van der Waals surface area (Å²) in [5.41, 5.74) is 0.102. The Morgan fingerprint density at radius 3 is 1.22 bits per heavy atom. The van der Waals surface area contributed by atoms with Crippen molar-refractivity contribution in [2.24, 2.45) is 81.3 Å². The number of aliphatic hydroxyl groups is 3. The Kier molecular flexibility index (Phi) is 19.7. The molecule has 3 rings (SSSR count). The van der Waals surface area contributed by atoms with Gasteiger partial charge in [-0.15, -0.1) is 0 Å². The minimum atomic E-state index is -0.414. The van der Waals surface area contributed by atoms with E-state index in [1.165, 1.54) is 19.3 Å². The van der Waals surface area contributed by atoms with Crippen molar-refractivity contribution in [3.8, 4) is 0 Å². The molecule has 0 aromatic carbocycles. The molecule has 8 unspecified atom stereocenters. The van der Waals surface area contributed by atoms with Gasteiger partial charge in [0.25, 0.3) is 0 Å². The van der Waals surface area contributed by atoms with Crippen LogP contribution in [0.25, 0.3) is 0 Å². The average Bonchev–Trinajstić information content (AvgIpc) is 3.13. The van der Waals surface area contributed by atoms with Crippen LogP contribution in [0.3, 0.4) is 0 Å². The number of hydrogen-bond acceptors (Lipinski definition) is 9. The highest BCUT2D eigenvalue weighted by atomic mass is 16.5. The van der Waals surface area contributed by atoms with Gasteiger partial charge in [0.2, 0.25) is 0 Å². The van der Waals surface area contributed by atoms with Gasteiger partial charge in [-0.3, -0.25) is 0 Å². The average molecular weight is 771 g/mol. The second kappa shape index (κ2) is 22.1. The highest BCUT2D eigenvalue weighted by Crippen LogP contribution is 2.61. The molecule has 0 spiro atoms. The van der Waals surface area contributed by atoms with E-state index < -0.39 is 12.2 Å². The quantitative estimate of drug-likeness (QED) is 0.0917. The van der Waals surface area contributed by atoms with Crippen LogP contribution in [0.1, 0.15) is 106 Å². The topological polar surface area (TPSA) is 116 Å². The van der Waals surface area contributed by atoms with Gasteiger partial charge in [0.15, 0.2) is 0 Å². The summed E-state index contributed by atoms with van der Waals surface area (Å²) in [6.45, 7) is 18.9. The van der Waals surface area contributed by atoms with E-state index in [9.17, 15) is 15.3 Å². The number of hydrogen-bond donors (Lipinski definition) is 3. The fraction of sp³-hybridized carbons (Fsp3) is 1.00. The largest absolute Gasteiger partial charge is 0.396 e. The predicted octanol–water partition coefficient (Wildman–Crippen LogP) is 7.38. The fourth-order valence-electron chi connectivity index (χ4n) is 12.0. The van der Waals surface area contributed by atoms with Crippen LogP contribution in [-0.2, 0) is 28.4 Å². The van der Waals surface area contributed by atoms with Gasteiger partial charge in [-0.05, 0) is 116 Å². The van der Waals surface area contributed by atoms with Gasteiger partial charge in [0.05, 0.1) is 45.2 Å². The molecule has 0 heterocycles. The van der Waals surface area contributed by atoms with Gasteiger partial charge >= 0.3 is 0 Å². The summed E-state index contributed by atoms with van der Waals surface area (Å²) in [5.74, 6) is 3.29. The lowest BCUT2D eigenvalue weighted by Gasteiger charge is -2.57. The fourth-order valence-corrected chi connectivity index (χ4v) is 12.0. The predicted molar refractivity (Wildman–Crippen MR) is 216 cm³/mol. The van der Waals surface area contributed by atoms with Crippen LogP contribution in [0.4, 0.5) is 0 Å². The van der Waals surface area contributed by atoms with E-state index >= 15 is 0 Å². The number of ether oxygens (including phenoxy) is 6. The van der Waals surface area contributed by atoms with Crippen molar-refractivity contribution in [1.82, 2.24) is 0 Å². The Bertz CT molecular complexity index is 909. The van der Waals surface area contributed by atoms with Gasteiger partial charge in [-0.2, -0.15) is 0 Å². The first-order chi connectivity index (χ1) is 25.6. The molecule has 9 heteroatoms. The Hall–Kier alpha value is -0.360. The first-order valence-electron chi connectivity index (χ1n) is 21.5. The maximum absolute atomic E-state index is 11.4. The van der Waals surface area contributed by atoms with Crippen LogP contribution in [0.2, 0.25) is 0 Å². The van der Waals surface area contributed by atoms with Crippen molar-refractivity contribution in [3.05, 3.63) is 0 Å². The molecule has 0 saturated heterocycles. The Morgan fingerprint density at radius 2 is 0.889 bits per heavy atom. The Morgan fingerprint density at radius 1 is 0.519 bits per heavy atom. The molecule has 0 amide bonds. The maximum Gasteiger partial charge on any atom is 0.0640 e. The highest BCUT2D eigenvalue weighted by Gasteiger charge is 2.54. The molecular formula is C45H86O9. The lowest BCUT2D eigenvalue weighted by Crippen LogP contribution is -2.51. The molecule has 0 aromatic rings. The van der Waals surface area contributed by atoms with Crippen LogP contribution in [0, 0.1) is 81.3 Å². The van der Waals surface area contributed by atoms with Crippen molar-refractivity contribution in [2.75, 3.05) is 88.9 Å². The summed E-state index contributed by atoms with van der Waals surface area (Å²) in [7, 11) is 10.5. The third-order valence-corrected chi connectivity index (χ3v) is 16.0. The number of methoxy groups -OCH3 is 6. The molecule has 0 radical (unpaired) electrons. The summed E-state index contributed by atoms with van der Waals surface area (Å²) in [4.78, 5) is 0. The van der Waals surface area contributed by atoms with E-state index in [1.54, 1.807) is 42.7 Å². The Labute approximate surface area is 331 Å². The molecule has 320 valence electrons. The molecule has 8 atom stereocenters. The molecule has 3 fully saturated rings. The van der Waals surface area contributed by atoms with Crippen molar-refractivity contribution >= 4 is 0 Å². The van der Waals surface area contributed by atoms with Gasteiger partial charge < -0.3 is 43.7 Å². The summed E-state index contributed by atoms with van der Waals surface area (Å²) in [5, 5.41) is 33.3. The molecule has 9 nitrogen and oxygen atoms in total. The highest BCUT2D eigenvalue weighted by molar-refractivity contribution is 5.03. The van der Waals surface area contributed by atoms with Crippen molar-refractivity contribution in [1.29, 1.82) is 0 Å². The van der Waals surface area contributed by atoms with Gasteiger partial charge in [-0.1, -0.05) is 41.5 Å². The lowest BCUT2D eigenvalue weighted by atomic mass is 9.48. The molecule has 0 bridgehead atoms. The smallest absolute Gasteiger partial charge is 0.0640 e. The zero-order chi connectivity index (χ0) is 40.3. The van der Waals surface area contributed by atoms with Crippen molar-refractivity contribution < 1.29 is 43.7 Å². The minimum absolute atomic E-state index is 0.0256. The molecule has 0 aliphatic heterocycles. The van der Waals surface area contributed by atoms with E-state index in [4.69, 9.17) is 28.4 Å². The first-order valence-corrected chi connectivity index (χ1v) is 21.5. The van der Waals surface area contributed by atoms with E-state index in [0.29, 0.717) is 68.5 Å². The molecule has 54 heavy (non-hydrogen) atoms. The van der Waals surface area contributed by atoms with Gasteiger partial charge in [0.1, 0.15) is 0 Å². The summed E-state index contributed by atoms with van der Waals surface area (Å²) in [6, 6.07) is 0. The van der Waals surface area contributed by atoms with Crippen LogP contribution in [-0.4, -0.2) is 116 Å². The molecule has 3 aliphatic rings. The third kappa shape index (κ3) is 11.9. The van der Waals surface area contributed by atoms with Gasteiger partial charge in [0, 0.05) is 85.5 Å². The molecule has 3 aliphatic carbocycles. The zero-order valence-electron chi connectivity index (χ0n) is 36.8. The second-order valence-corrected chi connectivity index (χ2v) is 20.0. The van der Waals surface area contributed by atoms with Crippen LogP contribution in [0.15, 0.2) is 0 Å². The normalized spacial score (nSPS) is 34.2. The first kappa shape index (κ1) is 48.0. The lowest BCUT2D eigenvalue weighted by molar-refractivity contribution is -0.116. The number of rotatable bonds is 23. The second-order valence-electron chi connectivity index (χ2n) is 20.0. The number of aliphatic hydroxyl groups excluding tert-OH is 3. The van der Waals surface area contributed by atoms with Crippen molar-refractivity contribution in [3.63, 3.8) is 0 Å². The summed E-state index contributed by atoms with van der Waals surface area (Å²) < 4.78 is 33.9. The molecular weight excluding hydrogens is 684 g/mol. The monoisotopic (exact) mass is 771 g/mol. The van der Waals surface area contributed by atoms with E-state index in [0.717, 1.165) is 51.6 Å². The van der Waals surface area contributed by atoms with E-state index in [2.05, 4.69) is 41.5 Å². The van der Waals surface area contributed by atoms with E-state index in [1.807, 2.05) is 0 Å². The molecule has 3 N–H and O–H groups in total. The molecule has 3 saturated carbocycles. The summed E-state index contributed by atoms with van der Waals surface area (Å²) in [6.07, 6.45) is 9.57. The summed E-state index contributed by atoms with van der Waals surface area (Å²) >= 11 is 0. The van der Waals surface area contributed by atoms with Crippen LogP contribution < -0.4 is 0 Å². The van der Waals surface area contributed by atoms with Crippen LogP contribution in [0.5, 0.6) is 0 Å². The van der Waals surface area contributed by atoms with Crippen molar-refractivity contribution in [2.45, 2.75) is 118 Å². The third-order valence-electron chi connectivity index (χ3n) is 16.0.